The molecule has 0 aromatic carbocycles. The molecule has 0 saturated heterocycles. The van der Waals surface area contributed by atoms with Crippen LogP contribution in [0.2, 0.25) is 0 Å². The van der Waals surface area contributed by atoms with Crippen LogP contribution in [0.15, 0.2) is 62.3 Å². The summed E-state index contributed by atoms with van der Waals surface area (Å²) in [5, 5.41) is 0. The molecule has 4 rings (SSSR count). The summed E-state index contributed by atoms with van der Waals surface area (Å²) in [4.78, 5) is 17.5. The fourth-order valence-electron chi connectivity index (χ4n) is 3.26. The van der Waals surface area contributed by atoms with Crippen LogP contribution < -0.4 is 18.8 Å². The summed E-state index contributed by atoms with van der Waals surface area (Å²) in [7, 11) is -6.38. The quantitative estimate of drug-likeness (QED) is 0.164. The predicted molar refractivity (Wildman–Crippen MR) is 204 cm³/mol. The third-order valence-electron chi connectivity index (χ3n) is 5.33. The number of nitrogens with zero attached hydrogens (tertiary/aromatic N) is 8. The van der Waals surface area contributed by atoms with Gasteiger partial charge in [0.15, 0.2) is 0 Å². The van der Waals surface area contributed by atoms with E-state index in [9.17, 15) is 51.8 Å². The zero-order valence-corrected chi connectivity index (χ0v) is 30.5. The van der Waals surface area contributed by atoms with Crippen LogP contribution in [0.3, 0.4) is 0 Å². The monoisotopic (exact) mass is 873 g/mol. The lowest BCUT2D eigenvalue weighted by atomic mass is 10.5. The fraction of sp³-hybridized carbons (Fsp3) is 0.655. The third kappa shape index (κ3) is 77.5. The first-order valence-electron chi connectivity index (χ1n) is 14.5. The Hall–Kier alpha value is -3.76. The normalized spacial score (nSPS) is 12.3. The van der Waals surface area contributed by atoms with Gasteiger partial charge in [-0.2, -0.15) is 0 Å². The molecule has 0 fully saturated rings. The molecule has 8 nitrogen and oxygen atoms in total. The Kier molecular flexibility index (Phi) is 84.8. The average molecular weight is 872 g/mol. The van der Waals surface area contributed by atoms with Gasteiger partial charge in [-0.25, -0.2) is 0 Å². The summed E-state index contributed by atoms with van der Waals surface area (Å²) in [6, 6.07) is 0. The molecule has 4 aliphatic rings. The molecule has 0 atom stereocenters. The lowest BCUT2D eigenvalue weighted by Crippen LogP contribution is -3.00. The Balaban J connectivity index is -0.0000000407. The third-order valence-corrected chi connectivity index (χ3v) is 5.33. The van der Waals surface area contributed by atoms with Crippen molar-refractivity contribution in [3.05, 3.63) is 62.3 Å². The zero-order valence-electron chi connectivity index (χ0n) is 30.5. The Labute approximate surface area is 333 Å². The smallest absolute Gasteiger partial charge is 0.762 e. The minimum atomic E-state index is -3.67. The molecule has 28 heteroatoms. The van der Waals surface area contributed by atoms with Gasteiger partial charge in [0, 0.05) is 104 Å². The number of rotatable bonds is 5. The van der Waals surface area contributed by atoms with Crippen LogP contribution >= 0.6 is 0 Å². The molecule has 0 radical (unpaired) electrons. The number of hydrogen-bond acceptors (Lipinski definition) is 8. The van der Waals surface area contributed by atoms with Gasteiger partial charge in [0.05, 0.1) is 26.7 Å². The van der Waals surface area contributed by atoms with E-state index in [-0.39, 0.29) is 48.5 Å². The molecule has 0 bridgehead atoms. The zero-order chi connectivity index (χ0) is 38.9. The number of halogens is 16. The van der Waals surface area contributed by atoms with Gasteiger partial charge in [-0.05, 0) is 20.8 Å². The minimum absolute atomic E-state index is 0. The van der Waals surface area contributed by atoms with E-state index in [1.54, 1.807) is 0 Å². The maximum Gasteiger partial charge on any atom is 0.762 e. The Bertz CT molecular complexity index is 786. The van der Waals surface area contributed by atoms with Crippen molar-refractivity contribution in [3.63, 3.8) is 0 Å². The van der Waals surface area contributed by atoms with Crippen molar-refractivity contribution in [2.75, 3.05) is 81.0 Å². The molecule has 0 aromatic heterocycles. The maximum absolute atomic E-state index is 9.67. The lowest BCUT2D eigenvalue weighted by molar-refractivity contribution is -0.00100. The fourth-order valence-corrected chi connectivity index (χ4v) is 3.26. The van der Waals surface area contributed by atoms with Crippen LogP contribution in [-0.2, 0) is 0 Å². The molecule has 0 unspecified atom stereocenters. The van der Waals surface area contributed by atoms with Crippen LogP contribution in [0, 0.1) is 0 Å². The second-order valence-corrected chi connectivity index (χ2v) is 9.55. The van der Waals surface area contributed by atoms with Crippen molar-refractivity contribution < 1.29 is 70.6 Å². The van der Waals surface area contributed by atoms with Crippen LogP contribution in [-0.4, -0.2) is 150 Å². The van der Waals surface area contributed by atoms with Gasteiger partial charge in [-0.3, -0.25) is 51.8 Å². The summed E-state index contributed by atoms with van der Waals surface area (Å²) < 4.78 is 116. The van der Waals surface area contributed by atoms with Crippen LogP contribution in [0.5, 0.6) is 0 Å². The van der Waals surface area contributed by atoms with Gasteiger partial charge in [-0.1, -0.05) is 35.8 Å². The van der Waals surface area contributed by atoms with Crippen molar-refractivity contribution in [3.8, 4) is 0 Å². The average Bonchev–Trinajstić information content (AvgIpc) is 3.78. The second-order valence-electron chi connectivity index (χ2n) is 9.55. The molecule has 57 heavy (non-hydrogen) atoms. The highest BCUT2D eigenvalue weighted by Gasteiger charge is 2.08. The highest BCUT2D eigenvalue weighted by molar-refractivity contribution is 6.34. The van der Waals surface area contributed by atoms with E-state index in [4.69, 9.17) is 0 Å². The second kappa shape index (κ2) is 56.6. The highest BCUT2D eigenvalue weighted by Crippen LogP contribution is 2.03. The van der Waals surface area contributed by atoms with Gasteiger partial charge in [0.1, 0.15) is 0 Å². The molecule has 4 heterocycles. The van der Waals surface area contributed by atoms with Gasteiger partial charge in [0.25, 0.3) is 0 Å². The summed E-state index contributed by atoms with van der Waals surface area (Å²) in [6.45, 7) is 18.6. The Morgan fingerprint density at radius 3 is 0.649 bits per heavy atom. The summed E-state index contributed by atoms with van der Waals surface area (Å²) in [5.74, 6) is 0. The Morgan fingerprint density at radius 1 is 0.404 bits per heavy atom. The summed E-state index contributed by atoms with van der Waals surface area (Å²) >= 11 is 0. The van der Waals surface area contributed by atoms with Crippen molar-refractivity contribution in [2.24, 2.45) is 0 Å². The molecule has 0 spiro atoms. The molecule has 0 N–H and O–H groups in total. The van der Waals surface area contributed by atoms with Crippen LogP contribution in [0.1, 0.15) is 50.5 Å². The van der Waals surface area contributed by atoms with E-state index in [1.165, 1.54) is 0 Å². The molecule has 4 aliphatic heterocycles. The van der Waals surface area contributed by atoms with Gasteiger partial charge >= 0.3 is 30.2 Å². The predicted octanol–water partition coefficient (Wildman–Crippen LogP) is -3.02. The molecule has 0 amide bonds. The summed E-state index contributed by atoms with van der Waals surface area (Å²) in [6.07, 6.45) is 18.6. The summed E-state index contributed by atoms with van der Waals surface area (Å²) in [5.41, 5.74) is 0. The van der Waals surface area contributed by atoms with Gasteiger partial charge in [-0.15, -0.1) is 6.58 Å². The van der Waals surface area contributed by atoms with Crippen LogP contribution in [0.4, 0.5) is 51.8 Å². The van der Waals surface area contributed by atoms with Crippen molar-refractivity contribution in [2.45, 2.75) is 50.5 Å². The minimum Gasteiger partial charge on any atom is -1.00 e. The SMILES string of the molecule is C.C.C.C.C=CCN1C=CN(C)C1.CCN1C=CN(C)C1.CCN1C=CN(C)C1.CCN1C=CN(C)C1.FB(F)F.FB(F)F.FB(F)F.FB(F)F.[F-].[F-].[F-].[F-]. The van der Waals surface area contributed by atoms with E-state index in [0.29, 0.717) is 0 Å². The van der Waals surface area contributed by atoms with E-state index >= 15 is 0 Å². The van der Waals surface area contributed by atoms with Crippen molar-refractivity contribution in [1.29, 1.82) is 0 Å². The maximum atomic E-state index is 9.67. The standard InChI is InChI=1S/C7H12N2.3C6H12N2.4CH4.4BF3.4FH/c1-3-4-9-6-5-8(2)7-9;3*1-3-8-5-4-7(2)6-8;;;;;4*2-1(3)4;;;;/h3,5-6H,1,4,7H2,2H3;3*4-5H,3,6H2,1-2H3;4*1H4;;;;;4*1H/p-4. The Morgan fingerprint density at radius 2 is 0.561 bits per heavy atom. The first-order chi connectivity index (χ1) is 22.7. The molecule has 0 saturated carbocycles. The van der Waals surface area contributed by atoms with E-state index in [1.807, 2.05) is 6.08 Å². The molecular formula is C29H64B4F16N8-4. The van der Waals surface area contributed by atoms with E-state index in [2.05, 4.69) is 144 Å². The van der Waals surface area contributed by atoms with Gasteiger partial charge < -0.3 is 58.0 Å². The van der Waals surface area contributed by atoms with Crippen molar-refractivity contribution in [1.82, 2.24) is 39.2 Å². The molecule has 348 valence electrons. The molecular weight excluding hydrogens is 808 g/mol. The topological polar surface area (TPSA) is 25.9 Å². The van der Waals surface area contributed by atoms with E-state index in [0.717, 1.165) is 52.9 Å². The van der Waals surface area contributed by atoms with Crippen LogP contribution in [0.25, 0.3) is 0 Å². The van der Waals surface area contributed by atoms with Crippen molar-refractivity contribution >= 4 is 30.2 Å². The lowest BCUT2D eigenvalue weighted by Gasteiger charge is -2.15. The number of hydrogen-bond donors (Lipinski definition) is 0. The molecule has 0 aromatic rings. The van der Waals surface area contributed by atoms with E-state index < -0.39 is 30.2 Å². The largest absolute Gasteiger partial charge is 1.00 e. The first-order valence-corrected chi connectivity index (χ1v) is 14.5. The molecule has 0 aliphatic carbocycles. The first kappa shape index (κ1) is 85.4. The van der Waals surface area contributed by atoms with Gasteiger partial charge in [0.2, 0.25) is 0 Å². The highest BCUT2D eigenvalue weighted by atomic mass is 19.4.